The van der Waals surface area contributed by atoms with Gasteiger partial charge in [-0.1, -0.05) is 41.0 Å². The second-order valence-electron chi connectivity index (χ2n) is 13.6. The third-order valence-corrected chi connectivity index (χ3v) is 12.2. The van der Waals surface area contributed by atoms with Crippen LogP contribution in [0.15, 0.2) is 0 Å². The average Bonchev–Trinajstić information content (AvgIpc) is 3.16. The Labute approximate surface area is 185 Å². The molecule has 1 spiro atoms. The third kappa shape index (κ3) is 2.62. The van der Waals surface area contributed by atoms with Crippen LogP contribution in [0.3, 0.4) is 0 Å². The molecule has 0 aromatic heterocycles. The summed E-state index contributed by atoms with van der Waals surface area (Å²) in [4.78, 5) is 0. The van der Waals surface area contributed by atoms with Crippen LogP contribution in [-0.2, 0) is 9.47 Å². The molecular formula is C28H46O2. The van der Waals surface area contributed by atoms with E-state index in [-0.39, 0.29) is 5.79 Å². The number of fused-ring (bicyclic) bond motifs is 7. The molecule has 4 aliphatic carbocycles. The second kappa shape index (κ2) is 6.72. The number of ether oxygens (including phenoxy) is 2. The van der Waals surface area contributed by atoms with Gasteiger partial charge in [0, 0.05) is 12.3 Å². The first-order chi connectivity index (χ1) is 14.3. The zero-order valence-electron chi connectivity index (χ0n) is 20.3. The summed E-state index contributed by atoms with van der Waals surface area (Å²) in [6.07, 6.45) is 14.6. The Bertz CT molecular complexity index is 680. The van der Waals surface area contributed by atoms with Gasteiger partial charge in [0.25, 0.3) is 0 Å². The zero-order chi connectivity index (χ0) is 20.9. The lowest BCUT2D eigenvalue weighted by Gasteiger charge is -2.61. The van der Waals surface area contributed by atoms with Gasteiger partial charge >= 0.3 is 0 Å². The van der Waals surface area contributed by atoms with Crippen LogP contribution in [0, 0.1) is 58.2 Å². The van der Waals surface area contributed by atoms with E-state index in [1.165, 1.54) is 57.8 Å². The molecule has 0 radical (unpaired) electrons. The highest BCUT2D eigenvalue weighted by Crippen LogP contribution is 2.71. The lowest BCUT2D eigenvalue weighted by atomic mass is 9.44. The summed E-state index contributed by atoms with van der Waals surface area (Å²) in [5, 5.41) is 0. The van der Waals surface area contributed by atoms with E-state index in [0.29, 0.717) is 34.7 Å². The Morgan fingerprint density at radius 1 is 0.733 bits per heavy atom. The van der Waals surface area contributed by atoms with Crippen molar-refractivity contribution >= 4 is 0 Å². The Morgan fingerprint density at radius 3 is 2.27 bits per heavy atom. The van der Waals surface area contributed by atoms with E-state index in [1.54, 1.807) is 0 Å². The van der Waals surface area contributed by atoms with Gasteiger partial charge in [0.2, 0.25) is 0 Å². The van der Waals surface area contributed by atoms with E-state index in [2.05, 4.69) is 34.6 Å². The monoisotopic (exact) mass is 414 g/mol. The number of hydrogen-bond acceptors (Lipinski definition) is 2. The minimum absolute atomic E-state index is 0.254. The summed E-state index contributed by atoms with van der Waals surface area (Å²) in [7, 11) is 0. The minimum atomic E-state index is -0.254. The highest BCUT2D eigenvalue weighted by molar-refractivity contribution is 5.15. The van der Waals surface area contributed by atoms with Gasteiger partial charge in [0.05, 0.1) is 12.7 Å². The summed E-state index contributed by atoms with van der Waals surface area (Å²) in [5.74, 6) is 6.52. The van der Waals surface area contributed by atoms with Crippen molar-refractivity contribution in [1.82, 2.24) is 0 Å². The maximum Gasteiger partial charge on any atom is 0.171 e. The molecule has 170 valence electrons. The summed E-state index contributed by atoms with van der Waals surface area (Å²) < 4.78 is 13.4. The molecule has 2 aliphatic heterocycles. The van der Waals surface area contributed by atoms with Crippen LogP contribution in [0.2, 0.25) is 0 Å². The normalized spacial score (nSPS) is 62.5. The maximum atomic E-state index is 6.93. The van der Waals surface area contributed by atoms with Crippen molar-refractivity contribution in [3.8, 4) is 0 Å². The molecule has 0 N–H and O–H groups in total. The van der Waals surface area contributed by atoms with Crippen LogP contribution in [-0.4, -0.2) is 18.5 Å². The van der Waals surface area contributed by atoms with Gasteiger partial charge in [-0.05, 0) is 104 Å². The first-order valence-corrected chi connectivity index (χ1v) is 13.6. The quantitative estimate of drug-likeness (QED) is 0.422. The molecule has 0 bridgehead atoms. The molecule has 0 aromatic rings. The van der Waals surface area contributed by atoms with Crippen molar-refractivity contribution in [2.24, 2.45) is 58.2 Å². The van der Waals surface area contributed by atoms with Crippen LogP contribution in [0.5, 0.6) is 0 Å². The van der Waals surface area contributed by atoms with E-state index in [1.807, 2.05) is 0 Å². The molecule has 30 heavy (non-hydrogen) atoms. The fraction of sp³-hybridized carbons (Fsp3) is 1.00. The summed E-state index contributed by atoms with van der Waals surface area (Å²) >= 11 is 0. The minimum Gasteiger partial charge on any atom is -0.349 e. The number of rotatable bonds is 0. The Kier molecular flexibility index (Phi) is 4.60. The molecule has 12 atom stereocenters. The molecule has 0 aromatic carbocycles. The first kappa shape index (κ1) is 20.5. The van der Waals surface area contributed by atoms with Crippen LogP contribution in [0.4, 0.5) is 0 Å². The van der Waals surface area contributed by atoms with Crippen molar-refractivity contribution in [3.05, 3.63) is 0 Å². The van der Waals surface area contributed by atoms with E-state index < -0.39 is 0 Å². The predicted molar refractivity (Wildman–Crippen MR) is 121 cm³/mol. The fourth-order valence-electron chi connectivity index (χ4n) is 10.5. The van der Waals surface area contributed by atoms with Crippen molar-refractivity contribution in [1.29, 1.82) is 0 Å². The van der Waals surface area contributed by atoms with Crippen LogP contribution in [0.1, 0.15) is 98.8 Å². The topological polar surface area (TPSA) is 18.5 Å². The van der Waals surface area contributed by atoms with Gasteiger partial charge in [0.1, 0.15) is 0 Å². The second-order valence-corrected chi connectivity index (χ2v) is 13.6. The van der Waals surface area contributed by atoms with Crippen LogP contribution in [0.25, 0.3) is 0 Å². The fourth-order valence-corrected chi connectivity index (χ4v) is 10.5. The molecule has 2 saturated heterocycles. The first-order valence-electron chi connectivity index (χ1n) is 13.6. The standard InChI is InChI=1S/C28H46O2/c1-17-8-11-26(4)20(14-17)6-7-21-22(26)10-12-27(5)23(21)15-24-25(27)19(3)28(30-24)13-9-18(2)16-29-28/h17-25H,6-16H2,1-5H3/t17?,18-,19+,20+,21+,22+,23+,24+,25+,26+,27+,28-/m1/s1. The van der Waals surface area contributed by atoms with Gasteiger partial charge in [0.15, 0.2) is 5.79 Å². The van der Waals surface area contributed by atoms with Crippen molar-refractivity contribution in [2.45, 2.75) is 111 Å². The van der Waals surface area contributed by atoms with Gasteiger partial charge in [-0.3, -0.25) is 0 Å². The lowest BCUT2D eigenvalue weighted by Crippen LogP contribution is -2.54. The van der Waals surface area contributed by atoms with Gasteiger partial charge in [-0.2, -0.15) is 0 Å². The Hall–Kier alpha value is -0.0800. The molecule has 2 nitrogen and oxygen atoms in total. The summed E-state index contributed by atoms with van der Waals surface area (Å²) in [6.45, 7) is 13.6. The van der Waals surface area contributed by atoms with Crippen LogP contribution >= 0.6 is 0 Å². The molecule has 4 saturated carbocycles. The van der Waals surface area contributed by atoms with Crippen molar-refractivity contribution in [2.75, 3.05) is 6.61 Å². The van der Waals surface area contributed by atoms with E-state index in [9.17, 15) is 0 Å². The van der Waals surface area contributed by atoms with E-state index in [0.717, 1.165) is 42.6 Å². The highest BCUT2D eigenvalue weighted by atomic mass is 16.7. The predicted octanol–water partition coefficient (Wildman–Crippen LogP) is 7.07. The Balaban J connectivity index is 1.26. The van der Waals surface area contributed by atoms with Gasteiger partial charge in [-0.15, -0.1) is 0 Å². The van der Waals surface area contributed by atoms with Gasteiger partial charge < -0.3 is 9.47 Å². The SMILES string of the molecule is CC1CC[C@@]2(C)[C@@H](CC[C@H]3[C@@H]2CC[C@]2(C)[C@@H]4[C@H](C[C@@H]32)O[C@]2(CC[C@@H](C)CO2)[C@H]4C)C1. The molecule has 2 heterocycles. The highest BCUT2D eigenvalue weighted by Gasteiger charge is 2.69. The molecule has 1 unspecified atom stereocenters. The smallest absolute Gasteiger partial charge is 0.171 e. The molecular weight excluding hydrogens is 368 g/mol. The lowest BCUT2D eigenvalue weighted by molar-refractivity contribution is -0.273. The molecule has 2 heteroatoms. The largest absolute Gasteiger partial charge is 0.349 e. The summed E-state index contributed by atoms with van der Waals surface area (Å²) in [5.41, 5.74) is 1.11. The number of hydrogen-bond donors (Lipinski definition) is 0. The third-order valence-electron chi connectivity index (χ3n) is 12.2. The maximum absolute atomic E-state index is 6.93. The van der Waals surface area contributed by atoms with E-state index >= 15 is 0 Å². The Morgan fingerprint density at radius 2 is 1.50 bits per heavy atom. The van der Waals surface area contributed by atoms with Crippen molar-refractivity contribution in [3.63, 3.8) is 0 Å². The summed E-state index contributed by atoms with van der Waals surface area (Å²) in [6, 6.07) is 0. The van der Waals surface area contributed by atoms with Gasteiger partial charge in [-0.25, -0.2) is 0 Å². The molecule has 6 aliphatic rings. The molecule has 6 rings (SSSR count). The molecule has 0 amide bonds. The van der Waals surface area contributed by atoms with Crippen molar-refractivity contribution < 1.29 is 9.47 Å². The molecule has 6 fully saturated rings. The van der Waals surface area contributed by atoms with Crippen LogP contribution < -0.4 is 0 Å². The van der Waals surface area contributed by atoms with E-state index in [4.69, 9.17) is 9.47 Å². The average molecular weight is 415 g/mol. The zero-order valence-corrected chi connectivity index (χ0v) is 20.3.